The number of H-pyrrole nitrogens is 1. The summed E-state index contributed by atoms with van der Waals surface area (Å²) in [5, 5.41) is 10.1. The third-order valence-corrected chi connectivity index (χ3v) is 6.44. The molecule has 0 saturated carbocycles. The van der Waals surface area contributed by atoms with Gasteiger partial charge in [-0.05, 0) is 18.1 Å². The van der Waals surface area contributed by atoms with E-state index in [1.807, 2.05) is 60.7 Å². The second-order valence-electron chi connectivity index (χ2n) is 9.30. The summed E-state index contributed by atoms with van der Waals surface area (Å²) in [6.45, 7) is 2.93. The number of rotatable bonds is 11. The van der Waals surface area contributed by atoms with Crippen molar-refractivity contribution >= 4 is 5.97 Å². The van der Waals surface area contributed by atoms with E-state index in [4.69, 9.17) is 18.9 Å². The molecule has 3 aromatic rings. The van der Waals surface area contributed by atoms with Crippen molar-refractivity contribution in [3.8, 4) is 0 Å². The Balaban J connectivity index is 1.73. The van der Waals surface area contributed by atoms with Gasteiger partial charge in [-0.1, -0.05) is 60.7 Å². The number of hydrogen-bond acceptors (Lipinski definition) is 8. The largest absolute Gasteiger partial charge is 0.455 e. The van der Waals surface area contributed by atoms with Crippen molar-refractivity contribution in [2.75, 3.05) is 13.2 Å². The van der Waals surface area contributed by atoms with Crippen LogP contribution in [0.15, 0.2) is 76.4 Å². The van der Waals surface area contributed by atoms with E-state index in [-0.39, 0.29) is 38.4 Å². The normalized spacial score (nSPS) is 22.9. The molecule has 0 unspecified atom stereocenters. The van der Waals surface area contributed by atoms with Crippen LogP contribution in [0.1, 0.15) is 36.3 Å². The van der Waals surface area contributed by atoms with Gasteiger partial charge in [0.25, 0.3) is 5.56 Å². The standard InChI is InChI=1S/C28H32N2O8/c1-19-15-30(27(34)29-25(19)33)26-23(37-20(2)32)24(36-17-22-11-7-4-8-12-22)28(38-26,13-14-31)18-35-16-21-9-5-3-6-10-21/h3-12,15,23-24,26,31H,13-14,16-18H2,1-2H3,(H,29,33,34)/t23-,24+,26-,28-/m1/s1. The Kier molecular flexibility index (Phi) is 8.90. The van der Waals surface area contributed by atoms with Crippen LogP contribution < -0.4 is 11.2 Å². The smallest absolute Gasteiger partial charge is 0.330 e. The fraction of sp³-hybridized carbons (Fsp3) is 0.393. The van der Waals surface area contributed by atoms with Gasteiger partial charge in [-0.3, -0.25) is 19.1 Å². The maximum absolute atomic E-state index is 12.8. The molecule has 1 aromatic heterocycles. The van der Waals surface area contributed by atoms with Gasteiger partial charge in [0.15, 0.2) is 12.3 Å². The number of aryl methyl sites for hydroxylation is 1. The first kappa shape index (κ1) is 27.5. The molecule has 10 heteroatoms. The fourth-order valence-electron chi connectivity index (χ4n) is 4.63. The maximum Gasteiger partial charge on any atom is 0.330 e. The molecule has 38 heavy (non-hydrogen) atoms. The van der Waals surface area contributed by atoms with Crippen LogP contribution in [-0.4, -0.2) is 51.6 Å². The first-order chi connectivity index (χ1) is 18.3. The first-order valence-corrected chi connectivity index (χ1v) is 12.4. The Labute approximate surface area is 219 Å². The molecule has 0 radical (unpaired) electrons. The molecule has 2 aromatic carbocycles. The quantitative estimate of drug-likeness (QED) is 0.366. The van der Waals surface area contributed by atoms with Crippen LogP contribution in [0, 0.1) is 6.92 Å². The number of ether oxygens (including phenoxy) is 4. The van der Waals surface area contributed by atoms with Crippen LogP contribution >= 0.6 is 0 Å². The Morgan fingerprint density at radius 2 is 1.68 bits per heavy atom. The molecule has 4 rings (SSSR count). The van der Waals surface area contributed by atoms with E-state index < -0.39 is 41.3 Å². The summed E-state index contributed by atoms with van der Waals surface area (Å²) in [7, 11) is 0. The number of aliphatic hydroxyl groups excluding tert-OH is 1. The summed E-state index contributed by atoms with van der Waals surface area (Å²) in [5.74, 6) is -0.601. The van der Waals surface area contributed by atoms with E-state index in [2.05, 4.69) is 4.98 Å². The lowest BCUT2D eigenvalue weighted by atomic mass is 9.92. The Morgan fingerprint density at radius 1 is 1.05 bits per heavy atom. The molecule has 2 N–H and O–H groups in total. The number of carbonyl (C=O) groups excluding carboxylic acids is 1. The van der Waals surface area contributed by atoms with E-state index >= 15 is 0 Å². The van der Waals surface area contributed by atoms with E-state index in [1.54, 1.807) is 6.92 Å². The zero-order chi connectivity index (χ0) is 27.1. The number of nitrogens with zero attached hydrogens (tertiary/aromatic N) is 1. The molecule has 202 valence electrons. The highest BCUT2D eigenvalue weighted by atomic mass is 16.6. The highest BCUT2D eigenvalue weighted by Gasteiger charge is 2.58. The third kappa shape index (κ3) is 6.28. The molecule has 0 spiro atoms. The van der Waals surface area contributed by atoms with Gasteiger partial charge < -0.3 is 24.1 Å². The summed E-state index contributed by atoms with van der Waals surface area (Å²) >= 11 is 0. The number of benzene rings is 2. The third-order valence-electron chi connectivity index (χ3n) is 6.44. The zero-order valence-electron chi connectivity index (χ0n) is 21.4. The van der Waals surface area contributed by atoms with Crippen molar-refractivity contribution in [1.29, 1.82) is 0 Å². The number of aromatic amines is 1. The number of carbonyl (C=O) groups is 1. The summed E-state index contributed by atoms with van der Waals surface area (Å²) in [6.07, 6.45) is -1.71. The highest BCUT2D eigenvalue weighted by Crippen LogP contribution is 2.43. The summed E-state index contributed by atoms with van der Waals surface area (Å²) in [4.78, 5) is 39.3. The average molecular weight is 525 g/mol. The molecule has 2 heterocycles. The second-order valence-corrected chi connectivity index (χ2v) is 9.30. The SMILES string of the molecule is CC(=O)O[C@H]1[C@H](n2cc(C)c(=O)[nH]c2=O)O[C@](CCO)(COCc2ccccc2)[C@H]1OCc1ccccc1. The lowest BCUT2D eigenvalue weighted by Crippen LogP contribution is -2.50. The van der Waals surface area contributed by atoms with Crippen LogP contribution in [0.2, 0.25) is 0 Å². The number of hydrogen-bond donors (Lipinski definition) is 2. The Hall–Kier alpha value is -3.57. The van der Waals surface area contributed by atoms with Crippen molar-refractivity contribution in [3.63, 3.8) is 0 Å². The Bertz CT molecular complexity index is 1320. The van der Waals surface area contributed by atoms with Crippen LogP contribution in [0.5, 0.6) is 0 Å². The lowest BCUT2D eigenvalue weighted by Gasteiger charge is -2.34. The molecule has 0 bridgehead atoms. The first-order valence-electron chi connectivity index (χ1n) is 12.4. The molecule has 1 aliphatic heterocycles. The van der Waals surface area contributed by atoms with Crippen LogP contribution in [-0.2, 0) is 37.0 Å². The van der Waals surface area contributed by atoms with Gasteiger partial charge in [-0.25, -0.2) is 4.79 Å². The minimum absolute atomic E-state index is 0.0206. The van der Waals surface area contributed by atoms with E-state index in [0.717, 1.165) is 11.1 Å². The van der Waals surface area contributed by atoms with Gasteiger partial charge in [0.1, 0.15) is 11.7 Å². The van der Waals surface area contributed by atoms with E-state index in [1.165, 1.54) is 17.7 Å². The molecule has 0 amide bonds. The summed E-state index contributed by atoms with van der Waals surface area (Å²) < 4.78 is 25.7. The van der Waals surface area contributed by atoms with Crippen molar-refractivity contribution in [3.05, 3.63) is 104 Å². The number of aliphatic hydroxyl groups is 1. The number of esters is 1. The molecule has 4 atom stereocenters. The van der Waals surface area contributed by atoms with E-state index in [9.17, 15) is 19.5 Å². The van der Waals surface area contributed by atoms with Gasteiger partial charge >= 0.3 is 11.7 Å². The van der Waals surface area contributed by atoms with Gasteiger partial charge in [-0.15, -0.1) is 0 Å². The van der Waals surface area contributed by atoms with Crippen molar-refractivity contribution in [2.24, 2.45) is 0 Å². The molecule has 1 fully saturated rings. The average Bonchev–Trinajstić information content (AvgIpc) is 3.18. The second kappa shape index (κ2) is 12.3. The maximum atomic E-state index is 12.8. The van der Waals surface area contributed by atoms with Gasteiger partial charge in [-0.2, -0.15) is 0 Å². The summed E-state index contributed by atoms with van der Waals surface area (Å²) in [5.41, 5.74) is -0.458. The van der Waals surface area contributed by atoms with Crippen LogP contribution in [0.4, 0.5) is 0 Å². The fourth-order valence-corrected chi connectivity index (χ4v) is 4.63. The predicted octanol–water partition coefficient (Wildman–Crippen LogP) is 2.23. The van der Waals surface area contributed by atoms with Crippen LogP contribution in [0.3, 0.4) is 0 Å². The molecule has 1 saturated heterocycles. The van der Waals surface area contributed by atoms with Gasteiger partial charge in [0, 0.05) is 31.7 Å². The van der Waals surface area contributed by atoms with Crippen molar-refractivity contribution in [2.45, 2.75) is 57.5 Å². The van der Waals surface area contributed by atoms with Gasteiger partial charge in [0.2, 0.25) is 0 Å². The van der Waals surface area contributed by atoms with Crippen molar-refractivity contribution < 1.29 is 28.8 Å². The zero-order valence-corrected chi connectivity index (χ0v) is 21.4. The highest BCUT2D eigenvalue weighted by molar-refractivity contribution is 5.66. The topological polar surface area (TPSA) is 129 Å². The molecule has 1 aliphatic rings. The summed E-state index contributed by atoms with van der Waals surface area (Å²) in [6, 6.07) is 19.0. The minimum atomic E-state index is -1.29. The van der Waals surface area contributed by atoms with Crippen molar-refractivity contribution in [1.82, 2.24) is 9.55 Å². The van der Waals surface area contributed by atoms with Gasteiger partial charge in [0.05, 0.1) is 19.8 Å². The lowest BCUT2D eigenvalue weighted by molar-refractivity contribution is -0.165. The number of nitrogens with one attached hydrogen (secondary N) is 1. The molecular formula is C28H32N2O8. The number of aromatic nitrogens is 2. The Morgan fingerprint density at radius 3 is 2.29 bits per heavy atom. The molecule has 0 aliphatic carbocycles. The molecule has 10 nitrogen and oxygen atoms in total. The molecular weight excluding hydrogens is 492 g/mol. The van der Waals surface area contributed by atoms with Crippen LogP contribution in [0.25, 0.3) is 0 Å². The predicted molar refractivity (Wildman–Crippen MR) is 137 cm³/mol. The minimum Gasteiger partial charge on any atom is -0.455 e. The monoisotopic (exact) mass is 524 g/mol. The van der Waals surface area contributed by atoms with E-state index in [0.29, 0.717) is 0 Å².